The first-order valence-corrected chi connectivity index (χ1v) is 8.37. The SMILES string of the molecule is CCNC(Cc1nc(-c2cc(Br)cs2)no1)C(C)(C)C. The highest BCUT2D eigenvalue weighted by Gasteiger charge is 2.26. The lowest BCUT2D eigenvalue weighted by molar-refractivity contribution is 0.247. The van der Waals surface area contributed by atoms with E-state index in [4.69, 9.17) is 4.52 Å². The molecule has 2 aromatic heterocycles. The zero-order chi connectivity index (χ0) is 14.8. The van der Waals surface area contributed by atoms with E-state index in [9.17, 15) is 0 Å². The van der Waals surface area contributed by atoms with E-state index in [1.807, 2.05) is 11.4 Å². The average molecular weight is 358 g/mol. The molecule has 0 amide bonds. The fourth-order valence-electron chi connectivity index (χ4n) is 1.97. The molecule has 2 rings (SSSR count). The fourth-order valence-corrected chi connectivity index (χ4v) is 3.33. The number of halogens is 1. The van der Waals surface area contributed by atoms with Crippen molar-refractivity contribution in [3.63, 3.8) is 0 Å². The largest absolute Gasteiger partial charge is 0.339 e. The van der Waals surface area contributed by atoms with Gasteiger partial charge in [-0.2, -0.15) is 4.98 Å². The van der Waals surface area contributed by atoms with Gasteiger partial charge in [-0.05, 0) is 34.0 Å². The Morgan fingerprint density at radius 3 is 2.75 bits per heavy atom. The molecule has 0 aliphatic rings. The summed E-state index contributed by atoms with van der Waals surface area (Å²) in [4.78, 5) is 5.52. The van der Waals surface area contributed by atoms with E-state index in [0.717, 1.165) is 22.3 Å². The molecule has 0 saturated carbocycles. The van der Waals surface area contributed by atoms with Crippen molar-refractivity contribution < 1.29 is 4.52 Å². The molecule has 0 saturated heterocycles. The summed E-state index contributed by atoms with van der Waals surface area (Å²) in [6.45, 7) is 9.69. The van der Waals surface area contributed by atoms with Crippen LogP contribution in [0.15, 0.2) is 20.4 Å². The lowest BCUT2D eigenvalue weighted by Crippen LogP contribution is -2.41. The van der Waals surface area contributed by atoms with E-state index < -0.39 is 0 Å². The number of hydrogen-bond donors (Lipinski definition) is 1. The Labute approximate surface area is 132 Å². The van der Waals surface area contributed by atoms with Crippen molar-refractivity contribution in [3.8, 4) is 10.7 Å². The van der Waals surface area contributed by atoms with Crippen LogP contribution in [-0.2, 0) is 6.42 Å². The van der Waals surface area contributed by atoms with Crippen molar-refractivity contribution in [2.75, 3.05) is 6.54 Å². The molecule has 1 atom stereocenters. The third-order valence-electron chi connectivity index (χ3n) is 3.13. The summed E-state index contributed by atoms with van der Waals surface area (Å²) in [7, 11) is 0. The van der Waals surface area contributed by atoms with Gasteiger partial charge in [-0.25, -0.2) is 0 Å². The van der Waals surface area contributed by atoms with Crippen LogP contribution in [0.1, 0.15) is 33.6 Å². The summed E-state index contributed by atoms with van der Waals surface area (Å²) in [6.07, 6.45) is 0.747. The second-order valence-electron chi connectivity index (χ2n) is 5.82. The molecule has 0 bridgehead atoms. The highest BCUT2D eigenvalue weighted by Crippen LogP contribution is 2.28. The molecule has 1 unspecified atom stereocenters. The van der Waals surface area contributed by atoms with Crippen molar-refractivity contribution in [2.24, 2.45) is 5.41 Å². The number of hydrogen-bond acceptors (Lipinski definition) is 5. The third kappa shape index (κ3) is 3.90. The summed E-state index contributed by atoms with van der Waals surface area (Å²) in [5.41, 5.74) is 0.149. The van der Waals surface area contributed by atoms with E-state index in [1.165, 1.54) is 0 Å². The minimum absolute atomic E-state index is 0.149. The van der Waals surface area contributed by atoms with Crippen molar-refractivity contribution in [1.29, 1.82) is 0 Å². The highest BCUT2D eigenvalue weighted by atomic mass is 79.9. The van der Waals surface area contributed by atoms with Gasteiger partial charge in [0, 0.05) is 22.3 Å². The summed E-state index contributed by atoms with van der Waals surface area (Å²) in [5.74, 6) is 1.35. The molecule has 4 nitrogen and oxygen atoms in total. The minimum Gasteiger partial charge on any atom is -0.339 e. The van der Waals surface area contributed by atoms with Gasteiger partial charge in [-0.15, -0.1) is 11.3 Å². The van der Waals surface area contributed by atoms with Crippen LogP contribution in [0.2, 0.25) is 0 Å². The molecule has 0 aliphatic heterocycles. The highest BCUT2D eigenvalue weighted by molar-refractivity contribution is 9.10. The van der Waals surface area contributed by atoms with Crippen LogP contribution in [0, 0.1) is 5.41 Å². The smallest absolute Gasteiger partial charge is 0.228 e. The molecule has 0 spiro atoms. The Morgan fingerprint density at radius 1 is 1.45 bits per heavy atom. The van der Waals surface area contributed by atoms with Crippen molar-refractivity contribution in [3.05, 3.63) is 21.8 Å². The monoisotopic (exact) mass is 357 g/mol. The van der Waals surface area contributed by atoms with E-state index >= 15 is 0 Å². The molecule has 0 aliphatic carbocycles. The van der Waals surface area contributed by atoms with Gasteiger partial charge in [-0.1, -0.05) is 32.9 Å². The number of likely N-dealkylation sites (N-methyl/N-ethyl adjacent to an activating group) is 1. The lowest BCUT2D eigenvalue weighted by atomic mass is 9.84. The van der Waals surface area contributed by atoms with Gasteiger partial charge in [0.2, 0.25) is 11.7 Å². The van der Waals surface area contributed by atoms with Crippen LogP contribution >= 0.6 is 27.3 Å². The predicted octanol–water partition coefficient (Wildman–Crippen LogP) is 4.13. The maximum absolute atomic E-state index is 5.39. The molecule has 20 heavy (non-hydrogen) atoms. The van der Waals surface area contributed by atoms with Crippen molar-refractivity contribution in [1.82, 2.24) is 15.5 Å². The average Bonchev–Trinajstić information content (AvgIpc) is 2.96. The molecule has 110 valence electrons. The number of nitrogens with zero attached hydrogens (tertiary/aromatic N) is 2. The van der Waals surface area contributed by atoms with E-state index in [0.29, 0.717) is 17.8 Å². The Morgan fingerprint density at radius 2 is 2.20 bits per heavy atom. The van der Waals surface area contributed by atoms with E-state index in [1.54, 1.807) is 11.3 Å². The van der Waals surface area contributed by atoms with Crippen LogP contribution in [0.4, 0.5) is 0 Å². The number of nitrogens with one attached hydrogen (secondary N) is 1. The summed E-state index contributed by atoms with van der Waals surface area (Å²) < 4.78 is 6.44. The maximum Gasteiger partial charge on any atom is 0.228 e. The molecule has 2 aromatic rings. The van der Waals surface area contributed by atoms with E-state index in [2.05, 4.69) is 59.1 Å². The molecule has 2 heterocycles. The molecule has 6 heteroatoms. The Hall–Kier alpha value is -0.720. The molecule has 0 fully saturated rings. The Balaban J connectivity index is 2.12. The van der Waals surface area contributed by atoms with Crippen molar-refractivity contribution >= 4 is 27.3 Å². The van der Waals surface area contributed by atoms with Crippen LogP contribution in [0.5, 0.6) is 0 Å². The van der Waals surface area contributed by atoms with Crippen LogP contribution in [-0.4, -0.2) is 22.7 Å². The predicted molar refractivity (Wildman–Crippen MR) is 85.9 cm³/mol. The number of thiophene rings is 1. The molecule has 1 N–H and O–H groups in total. The molecular formula is C14H20BrN3OS. The van der Waals surface area contributed by atoms with Crippen LogP contribution in [0.25, 0.3) is 10.7 Å². The minimum atomic E-state index is 0.149. The quantitative estimate of drug-likeness (QED) is 0.873. The zero-order valence-electron chi connectivity index (χ0n) is 12.2. The van der Waals surface area contributed by atoms with Crippen LogP contribution < -0.4 is 5.32 Å². The normalized spacial score (nSPS) is 13.7. The van der Waals surface area contributed by atoms with Gasteiger partial charge >= 0.3 is 0 Å². The first-order valence-electron chi connectivity index (χ1n) is 6.70. The van der Waals surface area contributed by atoms with Gasteiger partial charge in [0.05, 0.1) is 4.88 Å². The topological polar surface area (TPSA) is 51.0 Å². The standard InChI is InChI=1S/C14H20BrN3OS/c1-5-16-11(14(2,3)4)7-12-17-13(18-19-12)10-6-9(15)8-20-10/h6,8,11,16H,5,7H2,1-4H3. The maximum atomic E-state index is 5.39. The van der Waals surface area contributed by atoms with Gasteiger partial charge in [-0.3, -0.25) is 0 Å². The summed E-state index contributed by atoms with van der Waals surface area (Å²) in [5, 5.41) is 9.58. The Kier molecular flexibility index (Phi) is 4.99. The molecular weight excluding hydrogens is 338 g/mol. The first kappa shape index (κ1) is 15.7. The van der Waals surface area contributed by atoms with Gasteiger partial charge in [0.25, 0.3) is 0 Å². The summed E-state index contributed by atoms with van der Waals surface area (Å²) >= 11 is 5.04. The van der Waals surface area contributed by atoms with Gasteiger partial charge in [0.1, 0.15) is 0 Å². The van der Waals surface area contributed by atoms with Crippen LogP contribution in [0.3, 0.4) is 0 Å². The van der Waals surface area contributed by atoms with E-state index in [-0.39, 0.29) is 5.41 Å². The second kappa shape index (κ2) is 6.37. The van der Waals surface area contributed by atoms with Gasteiger partial charge in [0.15, 0.2) is 0 Å². The Bertz CT molecular complexity index is 559. The van der Waals surface area contributed by atoms with Crippen molar-refractivity contribution in [2.45, 2.75) is 40.2 Å². The number of rotatable bonds is 5. The first-order chi connectivity index (χ1) is 9.40. The fraction of sp³-hybridized carbons (Fsp3) is 0.571. The third-order valence-corrected chi connectivity index (χ3v) is 4.82. The summed E-state index contributed by atoms with van der Waals surface area (Å²) in [6, 6.07) is 2.32. The molecule has 0 radical (unpaired) electrons. The molecule has 0 aromatic carbocycles. The van der Waals surface area contributed by atoms with Gasteiger partial charge < -0.3 is 9.84 Å². The zero-order valence-corrected chi connectivity index (χ0v) is 14.6. The second-order valence-corrected chi connectivity index (χ2v) is 7.65. The lowest BCUT2D eigenvalue weighted by Gasteiger charge is -2.30. The number of aromatic nitrogens is 2.